The molecule has 0 unspecified atom stereocenters. The van der Waals surface area contributed by atoms with Crippen LogP contribution in [0.15, 0.2) is 76.5 Å². The normalized spacial score (nSPS) is 11.1. The fourth-order valence-electron chi connectivity index (χ4n) is 2.85. The van der Waals surface area contributed by atoms with Gasteiger partial charge in [0.05, 0.1) is 16.3 Å². The van der Waals surface area contributed by atoms with Crippen LogP contribution in [0.1, 0.15) is 21.5 Å². The van der Waals surface area contributed by atoms with Gasteiger partial charge in [-0.2, -0.15) is 0 Å². The van der Waals surface area contributed by atoms with Gasteiger partial charge < -0.3 is 5.32 Å². The van der Waals surface area contributed by atoms with Crippen molar-refractivity contribution in [3.8, 4) is 0 Å². The maximum absolute atomic E-state index is 12.8. The third kappa shape index (κ3) is 4.81. The summed E-state index contributed by atoms with van der Waals surface area (Å²) in [6.07, 6.45) is 1.94. The highest BCUT2D eigenvalue weighted by molar-refractivity contribution is 7.98. The third-order valence-electron chi connectivity index (χ3n) is 4.51. The Morgan fingerprint density at radius 2 is 1.52 bits per heavy atom. The van der Waals surface area contributed by atoms with Gasteiger partial charge in [0.25, 0.3) is 15.9 Å². The summed E-state index contributed by atoms with van der Waals surface area (Å²) in [4.78, 5) is 14.0. The molecule has 1 amide bonds. The molecule has 150 valence electrons. The first-order chi connectivity index (χ1) is 13.8. The number of nitrogens with one attached hydrogen (secondary N) is 2. The SMILES string of the molecule is CSc1ccccc1NC(=O)c1cccc(NS(=O)(=O)c2ccc(C)cc2)c1C. The fraction of sp³-hybridized carbons (Fsp3) is 0.136. The van der Waals surface area contributed by atoms with E-state index in [1.807, 2.05) is 37.4 Å². The lowest BCUT2D eigenvalue weighted by Crippen LogP contribution is -2.17. The number of hydrogen-bond acceptors (Lipinski definition) is 4. The Morgan fingerprint density at radius 3 is 2.21 bits per heavy atom. The number of carbonyl (C=O) groups is 1. The third-order valence-corrected chi connectivity index (χ3v) is 6.69. The lowest BCUT2D eigenvalue weighted by molar-refractivity contribution is 0.102. The molecule has 3 rings (SSSR count). The van der Waals surface area contributed by atoms with Crippen molar-refractivity contribution < 1.29 is 13.2 Å². The number of thioether (sulfide) groups is 1. The molecule has 0 heterocycles. The molecule has 0 bridgehead atoms. The molecule has 2 N–H and O–H groups in total. The molecule has 0 aromatic heterocycles. The Morgan fingerprint density at radius 1 is 0.862 bits per heavy atom. The quantitative estimate of drug-likeness (QED) is 0.539. The lowest BCUT2D eigenvalue weighted by atomic mass is 10.1. The first-order valence-electron chi connectivity index (χ1n) is 8.95. The van der Waals surface area contributed by atoms with E-state index in [4.69, 9.17) is 0 Å². The van der Waals surface area contributed by atoms with Gasteiger partial charge in [0.1, 0.15) is 0 Å². The summed E-state index contributed by atoms with van der Waals surface area (Å²) in [5.41, 5.74) is 3.03. The molecule has 0 aliphatic rings. The van der Waals surface area contributed by atoms with E-state index in [0.29, 0.717) is 16.8 Å². The van der Waals surface area contributed by atoms with Crippen LogP contribution in [0.3, 0.4) is 0 Å². The van der Waals surface area contributed by atoms with Crippen LogP contribution in [0, 0.1) is 13.8 Å². The Bertz CT molecular complexity index is 1140. The van der Waals surface area contributed by atoms with Crippen molar-refractivity contribution in [3.63, 3.8) is 0 Å². The molecule has 0 aliphatic carbocycles. The maximum atomic E-state index is 12.8. The number of carbonyl (C=O) groups excluding carboxylic acids is 1. The van der Waals surface area contributed by atoms with Crippen LogP contribution >= 0.6 is 11.8 Å². The molecule has 3 aromatic carbocycles. The van der Waals surface area contributed by atoms with Gasteiger partial charge >= 0.3 is 0 Å². The van der Waals surface area contributed by atoms with Crippen molar-refractivity contribution in [1.82, 2.24) is 0 Å². The predicted octanol–water partition coefficient (Wildman–Crippen LogP) is 5.08. The fourth-order valence-corrected chi connectivity index (χ4v) is 4.53. The van der Waals surface area contributed by atoms with E-state index in [9.17, 15) is 13.2 Å². The standard InChI is InChI=1S/C22H22N2O3S2/c1-15-11-13-17(14-12-15)29(26,27)24-19-9-6-7-18(16(19)2)22(25)23-20-8-4-5-10-21(20)28-3/h4-14,24H,1-3H3,(H,23,25). The zero-order valence-electron chi connectivity index (χ0n) is 16.4. The van der Waals surface area contributed by atoms with Crippen LogP contribution in [0.4, 0.5) is 11.4 Å². The van der Waals surface area contributed by atoms with Crippen molar-refractivity contribution in [2.45, 2.75) is 23.6 Å². The molecule has 0 radical (unpaired) electrons. The van der Waals surface area contributed by atoms with Crippen LogP contribution in [-0.2, 0) is 10.0 Å². The van der Waals surface area contributed by atoms with Crippen LogP contribution < -0.4 is 10.0 Å². The topological polar surface area (TPSA) is 75.3 Å². The molecule has 0 saturated carbocycles. The van der Waals surface area contributed by atoms with Gasteiger partial charge in [-0.15, -0.1) is 11.8 Å². The molecular weight excluding hydrogens is 404 g/mol. The van der Waals surface area contributed by atoms with E-state index in [2.05, 4.69) is 10.0 Å². The van der Waals surface area contributed by atoms with E-state index < -0.39 is 10.0 Å². The van der Waals surface area contributed by atoms with E-state index in [1.165, 1.54) is 0 Å². The van der Waals surface area contributed by atoms with Gasteiger partial charge in [-0.05, 0) is 62.1 Å². The number of hydrogen-bond donors (Lipinski definition) is 2. The smallest absolute Gasteiger partial charge is 0.261 e. The second kappa shape index (κ2) is 8.71. The summed E-state index contributed by atoms with van der Waals surface area (Å²) in [5, 5.41) is 2.91. The number of aryl methyl sites for hydroxylation is 1. The zero-order valence-corrected chi connectivity index (χ0v) is 18.0. The summed E-state index contributed by atoms with van der Waals surface area (Å²) < 4.78 is 28.0. The van der Waals surface area contributed by atoms with Gasteiger partial charge in [0.2, 0.25) is 0 Å². The Balaban J connectivity index is 1.87. The second-order valence-electron chi connectivity index (χ2n) is 6.55. The summed E-state index contributed by atoms with van der Waals surface area (Å²) >= 11 is 1.54. The van der Waals surface area contributed by atoms with E-state index in [1.54, 1.807) is 61.2 Å². The number of amides is 1. The molecule has 29 heavy (non-hydrogen) atoms. The average Bonchev–Trinajstić information content (AvgIpc) is 2.70. The number of para-hydroxylation sites is 1. The maximum Gasteiger partial charge on any atom is 0.261 e. The minimum absolute atomic E-state index is 0.172. The Kier molecular flexibility index (Phi) is 6.30. The molecule has 3 aromatic rings. The summed E-state index contributed by atoms with van der Waals surface area (Å²) in [6.45, 7) is 3.62. The molecule has 0 saturated heterocycles. The summed E-state index contributed by atoms with van der Waals surface area (Å²) in [7, 11) is -3.75. The van der Waals surface area contributed by atoms with Crippen molar-refractivity contribution in [1.29, 1.82) is 0 Å². The molecule has 0 atom stereocenters. The van der Waals surface area contributed by atoms with E-state index in [-0.39, 0.29) is 10.8 Å². The highest BCUT2D eigenvalue weighted by atomic mass is 32.2. The Labute approximate surface area is 175 Å². The van der Waals surface area contributed by atoms with Gasteiger partial charge in [0, 0.05) is 10.5 Å². The number of rotatable bonds is 6. The highest BCUT2D eigenvalue weighted by Crippen LogP contribution is 2.27. The molecule has 0 spiro atoms. The number of benzene rings is 3. The van der Waals surface area contributed by atoms with Crippen LogP contribution in [0.5, 0.6) is 0 Å². The number of sulfonamides is 1. The minimum atomic E-state index is -3.75. The minimum Gasteiger partial charge on any atom is -0.321 e. The van der Waals surface area contributed by atoms with E-state index >= 15 is 0 Å². The second-order valence-corrected chi connectivity index (χ2v) is 9.08. The first kappa shape index (κ1) is 21.0. The largest absolute Gasteiger partial charge is 0.321 e. The number of anilines is 2. The van der Waals surface area contributed by atoms with Crippen LogP contribution in [-0.4, -0.2) is 20.6 Å². The predicted molar refractivity (Wildman–Crippen MR) is 119 cm³/mol. The van der Waals surface area contributed by atoms with Crippen molar-refractivity contribution in [3.05, 3.63) is 83.4 Å². The Hall–Kier alpha value is -2.77. The van der Waals surface area contributed by atoms with Gasteiger partial charge in [-0.3, -0.25) is 9.52 Å². The summed E-state index contributed by atoms with van der Waals surface area (Å²) in [6, 6.07) is 19.1. The lowest BCUT2D eigenvalue weighted by Gasteiger charge is -2.15. The van der Waals surface area contributed by atoms with E-state index in [0.717, 1.165) is 16.1 Å². The monoisotopic (exact) mass is 426 g/mol. The van der Waals surface area contributed by atoms with Crippen molar-refractivity contribution in [2.75, 3.05) is 16.3 Å². The molecular formula is C22H22N2O3S2. The van der Waals surface area contributed by atoms with Crippen LogP contribution in [0.2, 0.25) is 0 Å². The first-order valence-corrected chi connectivity index (χ1v) is 11.7. The molecule has 0 aliphatic heterocycles. The van der Waals surface area contributed by atoms with Crippen LogP contribution in [0.25, 0.3) is 0 Å². The van der Waals surface area contributed by atoms with Gasteiger partial charge in [-0.1, -0.05) is 35.9 Å². The molecule has 0 fully saturated rings. The molecule has 5 nitrogen and oxygen atoms in total. The average molecular weight is 427 g/mol. The van der Waals surface area contributed by atoms with Gasteiger partial charge in [0.15, 0.2) is 0 Å². The zero-order chi connectivity index (χ0) is 21.0. The highest BCUT2D eigenvalue weighted by Gasteiger charge is 2.18. The summed E-state index contributed by atoms with van der Waals surface area (Å²) in [5.74, 6) is -0.291. The van der Waals surface area contributed by atoms with Crippen molar-refractivity contribution in [2.24, 2.45) is 0 Å². The van der Waals surface area contributed by atoms with Crippen molar-refractivity contribution >= 4 is 39.1 Å². The molecule has 7 heteroatoms. The van der Waals surface area contributed by atoms with Gasteiger partial charge in [-0.25, -0.2) is 8.42 Å².